The average Bonchev–Trinajstić information content (AvgIpc) is 3.13. The lowest BCUT2D eigenvalue weighted by atomic mass is 9.80. The average molecular weight is 266 g/mol. The first-order chi connectivity index (χ1) is 8.94. The number of carbonyl (C=O) groups is 2. The molecule has 0 aromatic heterocycles. The van der Waals surface area contributed by atoms with Crippen LogP contribution in [0.1, 0.15) is 32.6 Å². The van der Waals surface area contributed by atoms with Crippen LogP contribution in [-0.4, -0.2) is 26.2 Å². The molecule has 0 heterocycles. The monoisotopic (exact) mass is 266 g/mol. The van der Waals surface area contributed by atoms with Crippen LogP contribution in [-0.2, 0) is 19.1 Å². The molecular weight excluding hydrogens is 244 g/mol. The quantitative estimate of drug-likeness (QED) is 0.404. The van der Waals surface area contributed by atoms with Crippen LogP contribution in [0.15, 0.2) is 24.8 Å². The second kappa shape index (κ2) is 6.04. The minimum atomic E-state index is -1.31. The fourth-order valence-electron chi connectivity index (χ4n) is 2.05. The molecule has 0 aromatic rings. The third-order valence-electron chi connectivity index (χ3n) is 3.67. The molecule has 1 saturated carbocycles. The van der Waals surface area contributed by atoms with Crippen LogP contribution in [0.3, 0.4) is 0 Å². The summed E-state index contributed by atoms with van der Waals surface area (Å²) in [6.45, 7) is 5.76. The summed E-state index contributed by atoms with van der Waals surface area (Å²) >= 11 is 0. The molecule has 1 fully saturated rings. The van der Waals surface area contributed by atoms with E-state index in [1.165, 1.54) is 14.2 Å². The molecule has 106 valence electrons. The summed E-state index contributed by atoms with van der Waals surface area (Å²) in [4.78, 5) is 24.0. The highest BCUT2D eigenvalue weighted by Crippen LogP contribution is 2.46. The van der Waals surface area contributed by atoms with Gasteiger partial charge in [0.2, 0.25) is 0 Å². The van der Waals surface area contributed by atoms with Gasteiger partial charge < -0.3 is 9.47 Å². The van der Waals surface area contributed by atoms with E-state index in [9.17, 15) is 9.59 Å². The van der Waals surface area contributed by atoms with E-state index in [-0.39, 0.29) is 18.3 Å². The summed E-state index contributed by atoms with van der Waals surface area (Å²) in [5.41, 5.74) is -1.08. The van der Waals surface area contributed by atoms with Crippen LogP contribution in [0.25, 0.3) is 0 Å². The number of ether oxygens (including phenoxy) is 2. The topological polar surface area (TPSA) is 52.6 Å². The minimum Gasteiger partial charge on any atom is -0.468 e. The Morgan fingerprint density at radius 2 is 1.74 bits per heavy atom. The minimum absolute atomic E-state index is 0.202. The van der Waals surface area contributed by atoms with Gasteiger partial charge in [0.1, 0.15) is 0 Å². The van der Waals surface area contributed by atoms with Crippen molar-refractivity contribution >= 4 is 11.9 Å². The molecule has 1 aliphatic carbocycles. The van der Waals surface area contributed by atoms with Gasteiger partial charge >= 0.3 is 11.9 Å². The molecule has 0 saturated heterocycles. The van der Waals surface area contributed by atoms with E-state index >= 15 is 0 Å². The number of methoxy groups -OCH3 is 2. The highest BCUT2D eigenvalue weighted by atomic mass is 16.5. The Labute approximate surface area is 114 Å². The summed E-state index contributed by atoms with van der Waals surface area (Å²) in [6, 6.07) is 0. The maximum atomic E-state index is 12.0. The van der Waals surface area contributed by atoms with Crippen molar-refractivity contribution in [2.45, 2.75) is 32.6 Å². The first-order valence-electron chi connectivity index (χ1n) is 6.39. The van der Waals surface area contributed by atoms with E-state index in [2.05, 4.69) is 19.6 Å². The Bertz CT molecular complexity index is 375. The lowest BCUT2D eigenvalue weighted by molar-refractivity contribution is -0.168. The van der Waals surface area contributed by atoms with Crippen LogP contribution in [0.2, 0.25) is 0 Å². The molecule has 1 rings (SSSR count). The van der Waals surface area contributed by atoms with Gasteiger partial charge in [-0.3, -0.25) is 9.59 Å². The van der Waals surface area contributed by atoms with Crippen molar-refractivity contribution in [1.82, 2.24) is 0 Å². The van der Waals surface area contributed by atoms with Gasteiger partial charge in [0.15, 0.2) is 5.41 Å². The van der Waals surface area contributed by atoms with Crippen LogP contribution < -0.4 is 0 Å². The number of hydrogen-bond donors (Lipinski definition) is 0. The Balaban J connectivity index is 2.93. The number of esters is 2. The standard InChI is InChI=1S/C15H22O4/c1-5-7-15(12(16)18-3,13(17)19-4)9-6-8-14(2)10-11-14/h5-6,8H,1,7,9-11H2,2-4H3/b8-6+. The van der Waals surface area contributed by atoms with Crippen molar-refractivity contribution in [3.63, 3.8) is 0 Å². The molecule has 0 bridgehead atoms. The highest BCUT2D eigenvalue weighted by molar-refractivity contribution is 6.00. The van der Waals surface area contributed by atoms with Crippen LogP contribution >= 0.6 is 0 Å². The normalized spacial score (nSPS) is 17.0. The molecule has 0 aromatic carbocycles. The number of hydrogen-bond acceptors (Lipinski definition) is 4. The van der Waals surface area contributed by atoms with E-state index in [4.69, 9.17) is 9.47 Å². The molecule has 0 amide bonds. The lowest BCUT2D eigenvalue weighted by Gasteiger charge is -2.25. The first-order valence-corrected chi connectivity index (χ1v) is 6.39. The molecule has 4 heteroatoms. The van der Waals surface area contributed by atoms with Crippen LogP contribution in [0.5, 0.6) is 0 Å². The van der Waals surface area contributed by atoms with Crippen molar-refractivity contribution in [1.29, 1.82) is 0 Å². The molecule has 19 heavy (non-hydrogen) atoms. The van der Waals surface area contributed by atoms with E-state index < -0.39 is 17.4 Å². The Morgan fingerprint density at radius 3 is 2.11 bits per heavy atom. The van der Waals surface area contributed by atoms with Crippen molar-refractivity contribution in [3.8, 4) is 0 Å². The predicted molar refractivity (Wildman–Crippen MR) is 72.4 cm³/mol. The molecule has 1 aliphatic rings. The van der Waals surface area contributed by atoms with Crippen molar-refractivity contribution in [2.24, 2.45) is 10.8 Å². The first kappa shape index (κ1) is 15.5. The Hall–Kier alpha value is -1.58. The maximum absolute atomic E-state index is 12.0. The number of rotatable bonds is 7. The van der Waals surface area contributed by atoms with Crippen LogP contribution in [0, 0.1) is 10.8 Å². The fraction of sp³-hybridized carbons (Fsp3) is 0.600. The zero-order valence-electron chi connectivity index (χ0n) is 11.9. The van der Waals surface area contributed by atoms with Crippen molar-refractivity contribution in [2.75, 3.05) is 14.2 Å². The van der Waals surface area contributed by atoms with Gasteiger partial charge in [-0.2, -0.15) is 0 Å². The molecule has 0 aliphatic heterocycles. The predicted octanol–water partition coefficient (Wildman–Crippen LogP) is 2.64. The summed E-state index contributed by atoms with van der Waals surface area (Å²) in [6.07, 6.45) is 8.26. The van der Waals surface area contributed by atoms with Crippen molar-refractivity contribution in [3.05, 3.63) is 24.8 Å². The molecule has 0 N–H and O–H groups in total. The third-order valence-corrected chi connectivity index (χ3v) is 3.67. The van der Waals surface area contributed by atoms with E-state index in [1.54, 1.807) is 6.08 Å². The van der Waals surface area contributed by atoms with Gasteiger partial charge in [0.25, 0.3) is 0 Å². The highest BCUT2D eigenvalue weighted by Gasteiger charge is 2.46. The number of carbonyl (C=O) groups excluding carboxylic acids is 2. The molecular formula is C15H22O4. The molecule has 0 spiro atoms. The van der Waals surface area contributed by atoms with Gasteiger partial charge in [0.05, 0.1) is 14.2 Å². The summed E-state index contributed by atoms with van der Waals surface area (Å²) in [5, 5.41) is 0. The SMILES string of the molecule is C=CCC(C/C=C/C1(C)CC1)(C(=O)OC)C(=O)OC. The van der Waals surface area contributed by atoms with Crippen molar-refractivity contribution < 1.29 is 19.1 Å². The smallest absolute Gasteiger partial charge is 0.323 e. The van der Waals surface area contributed by atoms with Gasteiger partial charge in [0, 0.05) is 0 Å². The lowest BCUT2D eigenvalue weighted by Crippen LogP contribution is -2.40. The Morgan fingerprint density at radius 1 is 1.21 bits per heavy atom. The van der Waals surface area contributed by atoms with Gasteiger partial charge in [-0.15, -0.1) is 6.58 Å². The second-order valence-corrected chi connectivity index (χ2v) is 5.32. The van der Waals surface area contributed by atoms with Gasteiger partial charge in [-0.25, -0.2) is 0 Å². The molecule has 0 unspecified atom stereocenters. The summed E-state index contributed by atoms with van der Waals surface area (Å²) in [5.74, 6) is -1.16. The molecule has 4 nitrogen and oxygen atoms in total. The molecule has 0 atom stereocenters. The summed E-state index contributed by atoms with van der Waals surface area (Å²) < 4.78 is 9.54. The summed E-state index contributed by atoms with van der Waals surface area (Å²) in [7, 11) is 2.55. The van der Waals surface area contributed by atoms with Gasteiger partial charge in [-0.05, 0) is 31.1 Å². The molecule has 0 radical (unpaired) electrons. The van der Waals surface area contributed by atoms with E-state index in [1.807, 2.05) is 6.08 Å². The zero-order valence-corrected chi connectivity index (χ0v) is 11.9. The Kier molecular flexibility index (Phi) is 4.92. The van der Waals surface area contributed by atoms with E-state index in [0.717, 1.165) is 12.8 Å². The van der Waals surface area contributed by atoms with Crippen LogP contribution in [0.4, 0.5) is 0 Å². The maximum Gasteiger partial charge on any atom is 0.323 e. The second-order valence-electron chi connectivity index (χ2n) is 5.32. The number of allylic oxidation sites excluding steroid dienone is 3. The van der Waals surface area contributed by atoms with Gasteiger partial charge in [-0.1, -0.05) is 25.2 Å². The zero-order chi connectivity index (χ0) is 14.5. The fourth-order valence-corrected chi connectivity index (χ4v) is 2.05. The largest absolute Gasteiger partial charge is 0.468 e. The third kappa shape index (κ3) is 3.46. The van der Waals surface area contributed by atoms with E-state index in [0.29, 0.717) is 0 Å².